The highest BCUT2D eigenvalue weighted by atomic mass is 35.5. The number of rotatable bonds is 2. The maximum absolute atomic E-state index is 5.88. The third kappa shape index (κ3) is 2.93. The molecule has 5 nitrogen and oxygen atoms in total. The van der Waals surface area contributed by atoms with Gasteiger partial charge in [-0.15, -0.1) is 5.10 Å². The summed E-state index contributed by atoms with van der Waals surface area (Å²) in [5, 5.41) is 9.04. The molecular formula is C15H18ClN5. The molecule has 0 N–H and O–H groups in total. The fraction of sp³-hybridized carbons (Fsp3) is 0.400. The first-order chi connectivity index (χ1) is 10.1. The van der Waals surface area contributed by atoms with Crippen molar-refractivity contribution in [2.24, 2.45) is 0 Å². The van der Waals surface area contributed by atoms with Crippen molar-refractivity contribution in [1.82, 2.24) is 15.2 Å². The molecule has 3 rings (SSSR count). The van der Waals surface area contributed by atoms with Crippen LogP contribution in [0.4, 0.5) is 11.6 Å². The highest BCUT2D eigenvalue weighted by Crippen LogP contribution is 2.22. The lowest BCUT2D eigenvalue weighted by atomic mass is 10.2. The molecule has 0 saturated carbocycles. The second kappa shape index (κ2) is 5.85. The zero-order chi connectivity index (χ0) is 14.8. The molecule has 0 aliphatic carbocycles. The van der Waals surface area contributed by atoms with Crippen molar-refractivity contribution in [2.45, 2.75) is 13.8 Å². The standard InChI is InChI=1S/C15H18ClN5/c1-11-9-18-19-15(12(11)2)21-7-5-20(6-8-21)14-4-3-13(16)10-17-14/h3-4,9-10H,5-8H2,1-2H3. The third-order valence-electron chi connectivity index (χ3n) is 3.95. The molecule has 0 bridgehead atoms. The summed E-state index contributed by atoms with van der Waals surface area (Å²) in [4.78, 5) is 8.94. The maximum atomic E-state index is 5.88. The molecule has 2 aromatic heterocycles. The van der Waals surface area contributed by atoms with Gasteiger partial charge in [0.1, 0.15) is 5.82 Å². The summed E-state index contributed by atoms with van der Waals surface area (Å²) < 4.78 is 0. The quantitative estimate of drug-likeness (QED) is 0.853. The average Bonchev–Trinajstić information content (AvgIpc) is 2.51. The van der Waals surface area contributed by atoms with Gasteiger partial charge in [-0.05, 0) is 37.1 Å². The minimum atomic E-state index is 0.669. The molecule has 6 heteroatoms. The van der Waals surface area contributed by atoms with E-state index in [4.69, 9.17) is 11.6 Å². The second-order valence-corrected chi connectivity index (χ2v) is 5.72. The molecule has 110 valence electrons. The van der Waals surface area contributed by atoms with Crippen LogP contribution in [-0.2, 0) is 0 Å². The van der Waals surface area contributed by atoms with Crippen LogP contribution in [0, 0.1) is 13.8 Å². The van der Waals surface area contributed by atoms with E-state index in [0.29, 0.717) is 5.02 Å². The number of nitrogens with zero attached hydrogens (tertiary/aromatic N) is 5. The van der Waals surface area contributed by atoms with Crippen molar-refractivity contribution < 1.29 is 0 Å². The zero-order valence-corrected chi connectivity index (χ0v) is 13.0. The van der Waals surface area contributed by atoms with E-state index in [2.05, 4.69) is 38.8 Å². The van der Waals surface area contributed by atoms with Crippen LogP contribution >= 0.6 is 11.6 Å². The minimum absolute atomic E-state index is 0.669. The van der Waals surface area contributed by atoms with Gasteiger partial charge < -0.3 is 9.80 Å². The molecular weight excluding hydrogens is 286 g/mol. The van der Waals surface area contributed by atoms with E-state index in [9.17, 15) is 0 Å². The van der Waals surface area contributed by atoms with Crippen LogP contribution in [0.3, 0.4) is 0 Å². The highest BCUT2D eigenvalue weighted by Gasteiger charge is 2.20. The molecule has 0 radical (unpaired) electrons. The normalized spacial score (nSPS) is 15.4. The van der Waals surface area contributed by atoms with Gasteiger partial charge in [0.2, 0.25) is 0 Å². The van der Waals surface area contributed by atoms with Gasteiger partial charge in [0, 0.05) is 32.4 Å². The Balaban J connectivity index is 1.70. The third-order valence-corrected chi connectivity index (χ3v) is 4.17. The lowest BCUT2D eigenvalue weighted by Crippen LogP contribution is -2.47. The van der Waals surface area contributed by atoms with Crippen LogP contribution in [0.15, 0.2) is 24.5 Å². The molecule has 1 saturated heterocycles. The average molecular weight is 304 g/mol. The van der Waals surface area contributed by atoms with E-state index in [1.165, 1.54) is 11.1 Å². The van der Waals surface area contributed by atoms with Crippen molar-refractivity contribution in [2.75, 3.05) is 36.0 Å². The number of aryl methyl sites for hydroxylation is 1. The Morgan fingerprint density at radius 2 is 1.71 bits per heavy atom. The summed E-state index contributed by atoms with van der Waals surface area (Å²) in [5.74, 6) is 1.98. The predicted octanol–water partition coefficient (Wildman–Crippen LogP) is 2.47. The lowest BCUT2D eigenvalue weighted by Gasteiger charge is -2.36. The monoisotopic (exact) mass is 303 g/mol. The molecule has 0 aromatic carbocycles. The Bertz CT molecular complexity index is 620. The van der Waals surface area contributed by atoms with Gasteiger partial charge in [0.05, 0.1) is 11.2 Å². The van der Waals surface area contributed by atoms with Crippen LogP contribution in [0.5, 0.6) is 0 Å². The summed E-state index contributed by atoms with van der Waals surface area (Å²) in [6, 6.07) is 3.85. The smallest absolute Gasteiger partial charge is 0.154 e. The van der Waals surface area contributed by atoms with Crippen molar-refractivity contribution in [1.29, 1.82) is 0 Å². The van der Waals surface area contributed by atoms with Crippen LogP contribution in [-0.4, -0.2) is 41.4 Å². The van der Waals surface area contributed by atoms with Crippen LogP contribution in [0.2, 0.25) is 5.02 Å². The molecule has 1 fully saturated rings. The number of halogens is 1. The number of pyridine rings is 1. The zero-order valence-electron chi connectivity index (χ0n) is 12.3. The summed E-state index contributed by atoms with van der Waals surface area (Å²) in [7, 11) is 0. The lowest BCUT2D eigenvalue weighted by molar-refractivity contribution is 0.636. The van der Waals surface area contributed by atoms with Gasteiger partial charge in [0.25, 0.3) is 0 Å². The largest absolute Gasteiger partial charge is 0.353 e. The van der Waals surface area contributed by atoms with E-state index in [1.807, 2.05) is 18.3 Å². The van der Waals surface area contributed by atoms with Crippen molar-refractivity contribution >= 4 is 23.2 Å². The van der Waals surface area contributed by atoms with E-state index in [1.54, 1.807) is 6.20 Å². The Hall–Kier alpha value is -1.88. The van der Waals surface area contributed by atoms with Crippen LogP contribution in [0.1, 0.15) is 11.1 Å². The van der Waals surface area contributed by atoms with Crippen molar-refractivity contribution in [3.63, 3.8) is 0 Å². The number of hydrogen-bond donors (Lipinski definition) is 0. The Labute approximate surface area is 129 Å². The minimum Gasteiger partial charge on any atom is -0.353 e. The van der Waals surface area contributed by atoms with Gasteiger partial charge >= 0.3 is 0 Å². The van der Waals surface area contributed by atoms with Gasteiger partial charge in [-0.3, -0.25) is 0 Å². The molecule has 0 amide bonds. The predicted molar refractivity (Wildman–Crippen MR) is 85.2 cm³/mol. The van der Waals surface area contributed by atoms with E-state index in [-0.39, 0.29) is 0 Å². The number of piperazine rings is 1. The first-order valence-electron chi connectivity index (χ1n) is 7.05. The molecule has 0 atom stereocenters. The van der Waals surface area contributed by atoms with Crippen molar-refractivity contribution in [3.05, 3.63) is 40.7 Å². The van der Waals surface area contributed by atoms with Crippen molar-refractivity contribution in [3.8, 4) is 0 Å². The van der Waals surface area contributed by atoms with E-state index < -0.39 is 0 Å². The summed E-state index contributed by atoms with van der Waals surface area (Å²) in [5.41, 5.74) is 2.39. The fourth-order valence-electron chi connectivity index (χ4n) is 2.52. The Morgan fingerprint density at radius 3 is 2.38 bits per heavy atom. The van der Waals surface area contributed by atoms with Gasteiger partial charge in [-0.2, -0.15) is 5.10 Å². The Morgan fingerprint density at radius 1 is 1.00 bits per heavy atom. The molecule has 3 heterocycles. The van der Waals surface area contributed by atoms with Gasteiger partial charge in [0.15, 0.2) is 5.82 Å². The molecule has 1 aliphatic heterocycles. The topological polar surface area (TPSA) is 45.2 Å². The molecule has 2 aromatic rings. The number of hydrogen-bond acceptors (Lipinski definition) is 5. The van der Waals surface area contributed by atoms with Crippen LogP contribution < -0.4 is 9.80 Å². The molecule has 0 unspecified atom stereocenters. The van der Waals surface area contributed by atoms with Crippen LogP contribution in [0.25, 0.3) is 0 Å². The summed E-state index contributed by atoms with van der Waals surface area (Å²) in [6.07, 6.45) is 3.51. The maximum Gasteiger partial charge on any atom is 0.154 e. The van der Waals surface area contributed by atoms with Gasteiger partial charge in [-0.25, -0.2) is 4.98 Å². The van der Waals surface area contributed by atoms with E-state index in [0.717, 1.165) is 37.8 Å². The van der Waals surface area contributed by atoms with Gasteiger partial charge in [-0.1, -0.05) is 11.6 Å². The summed E-state index contributed by atoms with van der Waals surface area (Å²) in [6.45, 7) is 7.85. The Kier molecular flexibility index (Phi) is 3.92. The summed E-state index contributed by atoms with van der Waals surface area (Å²) >= 11 is 5.88. The fourth-order valence-corrected chi connectivity index (χ4v) is 2.63. The molecule has 21 heavy (non-hydrogen) atoms. The first kappa shape index (κ1) is 14.1. The molecule has 1 aliphatic rings. The number of aromatic nitrogens is 3. The first-order valence-corrected chi connectivity index (χ1v) is 7.43. The SMILES string of the molecule is Cc1cnnc(N2CCN(c3ccc(Cl)cn3)CC2)c1C. The van der Waals surface area contributed by atoms with E-state index >= 15 is 0 Å². The highest BCUT2D eigenvalue weighted by molar-refractivity contribution is 6.30. The molecule has 0 spiro atoms. The number of anilines is 2. The second-order valence-electron chi connectivity index (χ2n) is 5.28.